The number of carbonyl (C=O) groups is 1. The van der Waals surface area contributed by atoms with Crippen LogP contribution in [-0.4, -0.2) is 36.0 Å². The summed E-state index contributed by atoms with van der Waals surface area (Å²) in [5.74, 6) is 1.03. The first kappa shape index (κ1) is 12.5. The molecule has 3 nitrogen and oxygen atoms in total. The van der Waals surface area contributed by atoms with E-state index in [0.717, 1.165) is 19.0 Å². The molecule has 0 spiro atoms. The van der Waals surface area contributed by atoms with Gasteiger partial charge in [0, 0.05) is 19.1 Å². The van der Waals surface area contributed by atoms with Gasteiger partial charge in [-0.2, -0.15) is 0 Å². The number of rotatable bonds is 6. The van der Waals surface area contributed by atoms with Crippen LogP contribution in [0.15, 0.2) is 0 Å². The topological polar surface area (TPSA) is 32.3 Å². The average Bonchev–Trinajstić information content (AvgIpc) is 3.02. The van der Waals surface area contributed by atoms with Crippen molar-refractivity contribution in [3.8, 4) is 0 Å². The van der Waals surface area contributed by atoms with E-state index in [2.05, 4.69) is 12.2 Å². The summed E-state index contributed by atoms with van der Waals surface area (Å²) in [5.41, 5.74) is 0. The molecule has 1 fully saturated rings. The second-order valence-electron chi connectivity index (χ2n) is 4.52. The van der Waals surface area contributed by atoms with Crippen LogP contribution in [0.2, 0.25) is 0 Å². The normalized spacial score (nSPS) is 19.7. The fraction of sp³-hybridized carbons (Fsp3) is 0.917. The van der Waals surface area contributed by atoms with E-state index in [9.17, 15) is 4.79 Å². The zero-order valence-corrected chi connectivity index (χ0v) is 10.4. The second kappa shape index (κ2) is 5.50. The van der Waals surface area contributed by atoms with Gasteiger partial charge in [-0.3, -0.25) is 4.79 Å². The van der Waals surface area contributed by atoms with Crippen LogP contribution in [0.1, 0.15) is 40.5 Å². The van der Waals surface area contributed by atoms with E-state index in [1.807, 2.05) is 25.7 Å². The molecule has 2 unspecified atom stereocenters. The van der Waals surface area contributed by atoms with E-state index in [0.29, 0.717) is 6.04 Å². The molecule has 1 rings (SSSR count). The third-order valence-electron chi connectivity index (χ3n) is 3.29. The minimum absolute atomic E-state index is 0.0412. The molecule has 0 aromatic heterocycles. The molecule has 0 bridgehead atoms. The maximum Gasteiger partial charge on any atom is 0.239 e. The van der Waals surface area contributed by atoms with Crippen LogP contribution in [0.25, 0.3) is 0 Å². The highest BCUT2D eigenvalue weighted by Gasteiger charge is 2.30. The number of nitrogens with one attached hydrogen (secondary N) is 1. The Morgan fingerprint density at radius 2 is 1.87 bits per heavy atom. The molecular weight excluding hydrogens is 188 g/mol. The predicted octanol–water partition coefficient (Wildman–Crippen LogP) is 1.63. The monoisotopic (exact) mass is 212 g/mol. The average molecular weight is 212 g/mol. The molecule has 0 aromatic carbocycles. The number of amides is 1. The summed E-state index contributed by atoms with van der Waals surface area (Å²) in [7, 11) is 0. The van der Waals surface area contributed by atoms with E-state index in [-0.39, 0.29) is 11.9 Å². The molecule has 2 atom stereocenters. The van der Waals surface area contributed by atoms with Crippen molar-refractivity contribution >= 4 is 5.91 Å². The van der Waals surface area contributed by atoms with Gasteiger partial charge in [-0.05, 0) is 46.5 Å². The van der Waals surface area contributed by atoms with Gasteiger partial charge in [0.15, 0.2) is 0 Å². The van der Waals surface area contributed by atoms with Gasteiger partial charge in [-0.1, -0.05) is 0 Å². The van der Waals surface area contributed by atoms with Gasteiger partial charge in [0.25, 0.3) is 0 Å². The molecule has 0 aromatic rings. The molecule has 0 aliphatic heterocycles. The maximum absolute atomic E-state index is 11.9. The van der Waals surface area contributed by atoms with Crippen molar-refractivity contribution in [3.05, 3.63) is 0 Å². The first-order valence-electron chi connectivity index (χ1n) is 6.14. The Hall–Kier alpha value is -0.570. The lowest BCUT2D eigenvalue weighted by Gasteiger charge is -2.25. The quantitative estimate of drug-likeness (QED) is 0.726. The van der Waals surface area contributed by atoms with Crippen molar-refractivity contribution in [2.45, 2.75) is 52.6 Å². The highest BCUT2D eigenvalue weighted by Crippen LogP contribution is 2.32. The summed E-state index contributed by atoms with van der Waals surface area (Å²) in [4.78, 5) is 13.8. The Morgan fingerprint density at radius 1 is 1.33 bits per heavy atom. The third-order valence-corrected chi connectivity index (χ3v) is 3.29. The molecule has 0 radical (unpaired) electrons. The minimum Gasteiger partial charge on any atom is -0.342 e. The Morgan fingerprint density at radius 3 is 2.27 bits per heavy atom. The lowest BCUT2D eigenvalue weighted by molar-refractivity contribution is -0.132. The zero-order chi connectivity index (χ0) is 11.4. The van der Waals surface area contributed by atoms with Crippen LogP contribution < -0.4 is 5.32 Å². The van der Waals surface area contributed by atoms with Gasteiger partial charge in [0.05, 0.1) is 6.04 Å². The van der Waals surface area contributed by atoms with E-state index in [4.69, 9.17) is 0 Å². The summed E-state index contributed by atoms with van der Waals surface area (Å²) in [6, 6.07) is 0.444. The molecule has 1 amide bonds. The van der Waals surface area contributed by atoms with Gasteiger partial charge in [-0.25, -0.2) is 0 Å². The molecular formula is C12H24N2O. The molecule has 0 heterocycles. The van der Waals surface area contributed by atoms with Crippen LogP contribution in [-0.2, 0) is 4.79 Å². The van der Waals surface area contributed by atoms with Crippen LogP contribution in [0.4, 0.5) is 0 Å². The highest BCUT2D eigenvalue weighted by molar-refractivity contribution is 5.81. The fourth-order valence-corrected chi connectivity index (χ4v) is 2.01. The van der Waals surface area contributed by atoms with Crippen molar-refractivity contribution in [1.82, 2.24) is 10.2 Å². The summed E-state index contributed by atoms with van der Waals surface area (Å²) in [6.07, 6.45) is 2.64. The van der Waals surface area contributed by atoms with E-state index in [1.54, 1.807) is 0 Å². The third kappa shape index (κ3) is 3.49. The van der Waals surface area contributed by atoms with Gasteiger partial charge >= 0.3 is 0 Å². The first-order chi connectivity index (χ1) is 7.10. The summed E-state index contributed by atoms with van der Waals surface area (Å²) in [5, 5.41) is 3.40. The number of likely N-dealkylation sites (N-methyl/N-ethyl adjacent to an activating group) is 1. The van der Waals surface area contributed by atoms with E-state index >= 15 is 0 Å². The smallest absolute Gasteiger partial charge is 0.239 e. The molecule has 15 heavy (non-hydrogen) atoms. The van der Waals surface area contributed by atoms with Crippen LogP contribution in [0.3, 0.4) is 0 Å². The number of hydrogen-bond acceptors (Lipinski definition) is 2. The van der Waals surface area contributed by atoms with Crippen LogP contribution in [0, 0.1) is 5.92 Å². The SMILES string of the molecule is CCN(CC)C(=O)C(C)NC(C)C1CC1. The molecule has 1 aliphatic carbocycles. The van der Waals surface area contributed by atoms with Gasteiger partial charge in [0.2, 0.25) is 5.91 Å². The Kier molecular flexibility index (Phi) is 4.58. The zero-order valence-electron chi connectivity index (χ0n) is 10.4. The predicted molar refractivity (Wildman–Crippen MR) is 62.7 cm³/mol. The maximum atomic E-state index is 11.9. The van der Waals surface area contributed by atoms with Crippen molar-refractivity contribution in [1.29, 1.82) is 0 Å². The fourth-order valence-electron chi connectivity index (χ4n) is 2.01. The summed E-state index contributed by atoms with van der Waals surface area (Å²) >= 11 is 0. The van der Waals surface area contributed by atoms with Gasteiger partial charge in [-0.15, -0.1) is 0 Å². The summed E-state index contributed by atoms with van der Waals surface area (Å²) < 4.78 is 0. The first-order valence-corrected chi connectivity index (χ1v) is 6.14. The van der Waals surface area contributed by atoms with Crippen molar-refractivity contribution in [2.75, 3.05) is 13.1 Å². The number of carbonyl (C=O) groups excluding carboxylic acids is 1. The summed E-state index contributed by atoms with van der Waals surface area (Å²) in [6.45, 7) is 9.82. The Labute approximate surface area is 93.2 Å². The van der Waals surface area contributed by atoms with Gasteiger partial charge in [0.1, 0.15) is 0 Å². The largest absolute Gasteiger partial charge is 0.342 e. The Balaban J connectivity index is 2.36. The molecule has 3 heteroatoms. The second-order valence-corrected chi connectivity index (χ2v) is 4.52. The van der Waals surface area contributed by atoms with Crippen molar-refractivity contribution in [3.63, 3.8) is 0 Å². The highest BCUT2D eigenvalue weighted by atomic mass is 16.2. The van der Waals surface area contributed by atoms with Crippen LogP contribution >= 0.6 is 0 Å². The molecule has 1 aliphatic rings. The molecule has 1 saturated carbocycles. The van der Waals surface area contributed by atoms with Crippen molar-refractivity contribution < 1.29 is 4.79 Å². The van der Waals surface area contributed by atoms with Gasteiger partial charge < -0.3 is 10.2 Å². The standard InChI is InChI=1S/C12H24N2O/c1-5-14(6-2)12(15)10(4)13-9(3)11-7-8-11/h9-11,13H,5-8H2,1-4H3. The van der Waals surface area contributed by atoms with Crippen molar-refractivity contribution in [2.24, 2.45) is 5.92 Å². The Bertz CT molecular complexity index is 210. The molecule has 1 N–H and O–H groups in total. The number of hydrogen-bond donors (Lipinski definition) is 1. The molecule has 0 saturated heterocycles. The molecule has 88 valence electrons. The lowest BCUT2D eigenvalue weighted by Crippen LogP contribution is -2.48. The minimum atomic E-state index is -0.0412. The number of nitrogens with zero attached hydrogens (tertiary/aromatic N) is 1. The van der Waals surface area contributed by atoms with E-state index in [1.165, 1.54) is 12.8 Å². The van der Waals surface area contributed by atoms with E-state index < -0.39 is 0 Å². The van der Waals surface area contributed by atoms with Crippen LogP contribution in [0.5, 0.6) is 0 Å². The lowest BCUT2D eigenvalue weighted by atomic mass is 10.1.